The largest absolute Gasteiger partial charge is 0.458 e. The summed E-state index contributed by atoms with van der Waals surface area (Å²) in [6.07, 6.45) is 5.51. The topological polar surface area (TPSA) is 9.23 Å². The summed E-state index contributed by atoms with van der Waals surface area (Å²) in [5, 5.41) is -0.666. The molecule has 0 spiro atoms. The summed E-state index contributed by atoms with van der Waals surface area (Å²) in [6.45, 7) is 3.07. The Kier molecular flexibility index (Phi) is 8.47. The maximum absolute atomic E-state index is 15.0. The Bertz CT molecular complexity index is 1440. The molecule has 3 aromatic carbocycles. The Morgan fingerprint density at radius 1 is 0.900 bits per heavy atom. The van der Waals surface area contributed by atoms with E-state index >= 15 is 4.39 Å². The van der Waals surface area contributed by atoms with Gasteiger partial charge in [-0.3, -0.25) is 0 Å². The van der Waals surface area contributed by atoms with E-state index < -0.39 is 34.6 Å². The van der Waals surface area contributed by atoms with E-state index in [1.165, 1.54) is 49.7 Å². The van der Waals surface area contributed by atoms with Crippen LogP contribution in [-0.2, 0) is 17.6 Å². The van der Waals surface area contributed by atoms with Crippen molar-refractivity contribution in [2.24, 2.45) is 11.8 Å². The smallest absolute Gasteiger partial charge is 0.378 e. The first-order valence-electron chi connectivity index (χ1n) is 14.1. The van der Waals surface area contributed by atoms with Gasteiger partial charge in [0.05, 0.1) is 17.1 Å². The van der Waals surface area contributed by atoms with Crippen molar-refractivity contribution >= 4 is 10.8 Å². The fraction of sp³-hybridized carbons (Fsp3) is 0.455. The van der Waals surface area contributed by atoms with Crippen LogP contribution < -0.4 is 0 Å². The van der Waals surface area contributed by atoms with E-state index in [0.29, 0.717) is 23.0 Å². The number of hydrogen-bond donors (Lipinski definition) is 0. The fourth-order valence-corrected chi connectivity index (χ4v) is 6.22. The molecule has 3 atom stereocenters. The minimum Gasteiger partial charge on any atom is -0.378 e. The Hall–Kier alpha value is -2.98. The highest BCUT2D eigenvalue weighted by molar-refractivity contribution is 5.90. The maximum atomic E-state index is 15.0. The Morgan fingerprint density at radius 2 is 1.73 bits per heavy atom. The number of fused-ring (bicyclic) bond motifs is 2. The third kappa shape index (κ3) is 6.33. The van der Waals surface area contributed by atoms with Crippen LogP contribution in [0.4, 0.5) is 26.3 Å². The van der Waals surface area contributed by atoms with E-state index in [2.05, 4.69) is 6.92 Å². The number of hydrogen-bond acceptors (Lipinski definition) is 1. The van der Waals surface area contributed by atoms with Gasteiger partial charge in [0.2, 0.25) is 0 Å². The molecular formula is C33H32F6O. The molecule has 3 unspecified atom stereocenters. The highest BCUT2D eigenvalue weighted by Gasteiger charge is 2.31. The SMILES string of the molecule is CCCCCC1CCC(C2CCc3cc(-c4cc(F)c5c(F)c(C#CC(F)(F)F)c(F)cc5c4)ccc3C2)OC1. The van der Waals surface area contributed by atoms with Crippen molar-refractivity contribution in [1.82, 2.24) is 0 Å². The number of unbranched alkanes of at least 4 members (excludes halogenated alkanes) is 2. The van der Waals surface area contributed by atoms with Gasteiger partial charge in [0.1, 0.15) is 11.6 Å². The number of halogens is 6. The van der Waals surface area contributed by atoms with E-state index in [1.54, 1.807) is 0 Å². The summed E-state index contributed by atoms with van der Waals surface area (Å²) in [7, 11) is 0. The summed E-state index contributed by atoms with van der Waals surface area (Å²) in [5.74, 6) is -0.255. The molecule has 3 aromatic rings. The van der Waals surface area contributed by atoms with E-state index in [0.717, 1.165) is 55.9 Å². The summed E-state index contributed by atoms with van der Waals surface area (Å²) in [5.41, 5.74) is 2.45. The third-order valence-electron chi connectivity index (χ3n) is 8.36. The molecule has 0 N–H and O–H groups in total. The lowest BCUT2D eigenvalue weighted by Gasteiger charge is -2.36. The molecule has 0 saturated carbocycles. The van der Waals surface area contributed by atoms with Gasteiger partial charge in [-0.25, -0.2) is 13.2 Å². The van der Waals surface area contributed by atoms with Crippen molar-refractivity contribution in [2.75, 3.05) is 6.61 Å². The zero-order valence-corrected chi connectivity index (χ0v) is 22.4. The fourth-order valence-electron chi connectivity index (χ4n) is 6.22. The van der Waals surface area contributed by atoms with Gasteiger partial charge < -0.3 is 4.74 Å². The summed E-state index contributed by atoms with van der Waals surface area (Å²) >= 11 is 0. The molecule has 1 aliphatic carbocycles. The zero-order chi connectivity index (χ0) is 28.4. The van der Waals surface area contributed by atoms with Crippen molar-refractivity contribution < 1.29 is 31.1 Å². The molecule has 40 heavy (non-hydrogen) atoms. The van der Waals surface area contributed by atoms with Gasteiger partial charge in [-0.15, -0.1) is 0 Å². The molecule has 1 fully saturated rings. The van der Waals surface area contributed by atoms with Crippen molar-refractivity contribution in [3.8, 4) is 23.0 Å². The quantitative estimate of drug-likeness (QED) is 0.166. The van der Waals surface area contributed by atoms with Gasteiger partial charge in [0.25, 0.3) is 0 Å². The van der Waals surface area contributed by atoms with E-state index in [1.807, 2.05) is 18.2 Å². The van der Waals surface area contributed by atoms with Crippen LogP contribution >= 0.6 is 0 Å². The zero-order valence-electron chi connectivity index (χ0n) is 22.4. The third-order valence-corrected chi connectivity index (χ3v) is 8.36. The molecular weight excluding hydrogens is 526 g/mol. The van der Waals surface area contributed by atoms with Crippen LogP contribution in [0.2, 0.25) is 0 Å². The average molecular weight is 559 g/mol. The molecule has 0 radical (unpaired) electrons. The second kappa shape index (κ2) is 11.9. The van der Waals surface area contributed by atoms with Crippen LogP contribution in [0.5, 0.6) is 0 Å². The van der Waals surface area contributed by atoms with Crippen molar-refractivity contribution in [2.45, 2.75) is 77.0 Å². The van der Waals surface area contributed by atoms with Crippen LogP contribution in [0.1, 0.15) is 68.6 Å². The van der Waals surface area contributed by atoms with Gasteiger partial charge in [-0.05, 0) is 96.2 Å². The lowest BCUT2D eigenvalue weighted by atomic mass is 9.77. The van der Waals surface area contributed by atoms with Gasteiger partial charge in [0.15, 0.2) is 5.82 Å². The number of ether oxygens (including phenoxy) is 1. The Labute approximate surface area is 230 Å². The molecule has 0 bridgehead atoms. The van der Waals surface area contributed by atoms with Crippen LogP contribution in [0.3, 0.4) is 0 Å². The normalized spacial score (nSPS) is 21.1. The highest BCUT2D eigenvalue weighted by Crippen LogP contribution is 2.37. The Morgan fingerprint density at radius 3 is 2.45 bits per heavy atom. The molecule has 1 saturated heterocycles. The lowest BCUT2D eigenvalue weighted by molar-refractivity contribution is -0.0696. The molecule has 1 aliphatic heterocycles. The molecule has 7 heteroatoms. The molecule has 0 aromatic heterocycles. The van der Waals surface area contributed by atoms with Crippen molar-refractivity contribution in [3.63, 3.8) is 0 Å². The number of alkyl halides is 3. The summed E-state index contributed by atoms with van der Waals surface area (Å²) in [4.78, 5) is 0. The van der Waals surface area contributed by atoms with Crippen molar-refractivity contribution in [3.05, 3.63) is 70.5 Å². The summed E-state index contributed by atoms with van der Waals surface area (Å²) < 4.78 is 88.0. The second-order valence-electron chi connectivity index (χ2n) is 11.1. The first-order valence-corrected chi connectivity index (χ1v) is 14.1. The second-order valence-corrected chi connectivity index (χ2v) is 11.1. The number of benzene rings is 3. The maximum Gasteiger partial charge on any atom is 0.458 e. The van der Waals surface area contributed by atoms with Crippen molar-refractivity contribution in [1.29, 1.82) is 0 Å². The Balaban J connectivity index is 1.33. The average Bonchev–Trinajstić information content (AvgIpc) is 2.92. The minimum atomic E-state index is -4.93. The highest BCUT2D eigenvalue weighted by atomic mass is 19.4. The standard InChI is InChI=1S/C33H32F6O/c1-2-3-4-5-20-6-11-30(40-19-20)24-10-9-21-14-23(8-7-22(21)15-24)25-16-26-18-28(34)27(12-13-33(37,38)39)32(36)31(26)29(35)17-25/h7-8,14,16-18,20,24,30H,2-6,9-11,15,19H2,1H3. The van der Waals surface area contributed by atoms with E-state index in [-0.39, 0.29) is 11.5 Å². The molecule has 1 heterocycles. The molecule has 2 aliphatic rings. The van der Waals surface area contributed by atoms with Gasteiger partial charge in [-0.1, -0.05) is 50.3 Å². The van der Waals surface area contributed by atoms with Crippen LogP contribution in [0.15, 0.2) is 36.4 Å². The number of aryl methyl sites for hydroxylation is 1. The number of rotatable bonds is 6. The van der Waals surface area contributed by atoms with Gasteiger partial charge in [0, 0.05) is 12.5 Å². The predicted molar refractivity (Wildman–Crippen MR) is 144 cm³/mol. The van der Waals surface area contributed by atoms with Crippen LogP contribution in [0, 0.1) is 41.1 Å². The van der Waals surface area contributed by atoms with Gasteiger partial charge >= 0.3 is 6.18 Å². The first kappa shape index (κ1) is 28.5. The monoisotopic (exact) mass is 558 g/mol. The van der Waals surface area contributed by atoms with Crippen LogP contribution in [-0.4, -0.2) is 18.9 Å². The van der Waals surface area contributed by atoms with E-state index in [4.69, 9.17) is 4.74 Å². The first-order chi connectivity index (χ1) is 19.1. The molecule has 5 rings (SSSR count). The van der Waals surface area contributed by atoms with Gasteiger partial charge in [-0.2, -0.15) is 13.2 Å². The predicted octanol–water partition coefficient (Wildman–Crippen LogP) is 9.32. The van der Waals surface area contributed by atoms with E-state index in [9.17, 15) is 22.0 Å². The van der Waals surface area contributed by atoms with Crippen LogP contribution in [0.25, 0.3) is 21.9 Å². The molecule has 1 nitrogen and oxygen atoms in total. The summed E-state index contributed by atoms with van der Waals surface area (Å²) in [6, 6.07) is 9.31. The molecule has 0 amide bonds. The lowest BCUT2D eigenvalue weighted by Crippen LogP contribution is -2.35. The minimum absolute atomic E-state index is 0.0808. The molecule has 212 valence electrons.